The Balaban J connectivity index is 0. The average molecular weight is 122 g/mol. The fourth-order valence-electron chi connectivity index (χ4n) is 0. The number of rotatable bonds is 0. The molecule has 0 saturated heterocycles. The molecule has 0 aromatic heterocycles. The molecule has 5 heavy (non-hydrogen) atoms. The van der Waals surface area contributed by atoms with Crippen LogP contribution >= 0.6 is 12.2 Å². The van der Waals surface area contributed by atoms with Crippen molar-refractivity contribution in [2.45, 2.75) is 0 Å². The third kappa shape index (κ3) is 95.3. The van der Waals surface area contributed by atoms with Gasteiger partial charge in [-0.25, -0.2) is 0 Å². The summed E-state index contributed by atoms with van der Waals surface area (Å²) >= 11 is 3.87. The zero-order valence-electron chi connectivity index (χ0n) is 2.51. The van der Waals surface area contributed by atoms with Crippen LogP contribution in [0, 0.1) is 0 Å². The molecule has 0 bridgehead atoms. The predicted octanol–water partition coefficient (Wildman–Crippen LogP) is -0.214. The van der Waals surface area contributed by atoms with Gasteiger partial charge in [0.1, 0.15) is 0 Å². The minimum Gasteiger partial charge on any atom is -0.487 e. The first-order chi connectivity index (χ1) is 1.73. The summed E-state index contributed by atoms with van der Waals surface area (Å²) in [6, 6.07) is 0. The molecule has 2 nitrogen and oxygen atoms in total. The van der Waals surface area contributed by atoms with E-state index >= 15 is 0 Å². The van der Waals surface area contributed by atoms with E-state index in [-0.39, 0.29) is 25.8 Å². The van der Waals surface area contributed by atoms with Gasteiger partial charge in [-0.3, -0.25) is 0 Å². The second-order valence-corrected chi connectivity index (χ2v) is 0.757. The van der Waals surface area contributed by atoms with Gasteiger partial charge in [0, 0.05) is 25.8 Å². The molecule has 0 aromatic rings. The van der Waals surface area contributed by atoms with Crippen LogP contribution in [-0.4, -0.2) is 10.3 Å². The third-order valence-electron chi connectivity index (χ3n) is 0. The molecular formula is CH3NOSSc. The number of aliphatic hydroxyl groups is 1. The van der Waals surface area contributed by atoms with Gasteiger partial charge >= 0.3 is 0 Å². The van der Waals surface area contributed by atoms with Crippen molar-refractivity contribution < 1.29 is 30.9 Å². The maximum atomic E-state index is 7.56. The van der Waals surface area contributed by atoms with E-state index in [1.165, 1.54) is 0 Å². The first-order valence-electron chi connectivity index (χ1n) is 0.716. The molecule has 0 rings (SSSR count). The van der Waals surface area contributed by atoms with Crippen molar-refractivity contribution >= 4 is 17.4 Å². The van der Waals surface area contributed by atoms with Crippen LogP contribution in [0.5, 0.6) is 0 Å². The molecule has 0 aliphatic heterocycles. The number of hydrogen-bond acceptors (Lipinski definition) is 1. The zero-order valence-corrected chi connectivity index (χ0v) is 5.13. The summed E-state index contributed by atoms with van der Waals surface area (Å²) in [5, 5.41) is 7.06. The monoisotopic (exact) mass is 122 g/mol. The van der Waals surface area contributed by atoms with Crippen LogP contribution in [0.1, 0.15) is 0 Å². The van der Waals surface area contributed by atoms with Gasteiger partial charge in [-0.1, -0.05) is 0 Å². The Hall–Kier alpha value is 0.560. The molecule has 0 unspecified atom stereocenters. The largest absolute Gasteiger partial charge is 0.487 e. The van der Waals surface area contributed by atoms with E-state index in [9.17, 15) is 0 Å². The second-order valence-electron chi connectivity index (χ2n) is 0.338. The van der Waals surface area contributed by atoms with Crippen LogP contribution in [0.15, 0.2) is 0 Å². The van der Waals surface area contributed by atoms with Crippen LogP contribution in [0.2, 0.25) is 0 Å². The van der Waals surface area contributed by atoms with Crippen molar-refractivity contribution in [1.29, 1.82) is 0 Å². The molecule has 0 aliphatic carbocycles. The molecule has 0 aliphatic rings. The summed E-state index contributed by atoms with van der Waals surface area (Å²) in [5.41, 5.74) is 4.40. The van der Waals surface area contributed by atoms with Crippen LogP contribution in [0.25, 0.3) is 0 Å². The molecule has 3 N–H and O–H groups in total. The van der Waals surface area contributed by atoms with Crippen molar-refractivity contribution in [1.82, 2.24) is 0 Å². The molecule has 0 fully saturated rings. The van der Waals surface area contributed by atoms with E-state index in [1.807, 2.05) is 0 Å². The number of thiocarbonyl (C=S) groups is 1. The van der Waals surface area contributed by atoms with Crippen LogP contribution in [0.3, 0.4) is 0 Å². The summed E-state index contributed by atoms with van der Waals surface area (Å²) in [4.78, 5) is 0. The topological polar surface area (TPSA) is 46.2 Å². The van der Waals surface area contributed by atoms with Crippen LogP contribution < -0.4 is 5.73 Å². The zero-order chi connectivity index (χ0) is 3.58. The van der Waals surface area contributed by atoms with Gasteiger partial charge in [0.15, 0.2) is 0 Å². The molecule has 0 atom stereocenters. The third-order valence-corrected chi connectivity index (χ3v) is 0. The SMILES string of the molecule is NC(O)=S.[Sc]. The maximum absolute atomic E-state index is 7.56. The molecule has 0 aromatic carbocycles. The average Bonchev–Trinajstić information content (AvgIpc) is 0.811. The minimum atomic E-state index is -0.500. The first-order valence-corrected chi connectivity index (χ1v) is 1.12. The van der Waals surface area contributed by atoms with Gasteiger partial charge in [0.2, 0.25) is 0 Å². The molecule has 4 heteroatoms. The Morgan fingerprint density at radius 3 is 1.80 bits per heavy atom. The van der Waals surface area contributed by atoms with Gasteiger partial charge < -0.3 is 10.8 Å². The van der Waals surface area contributed by atoms with E-state index in [0.29, 0.717) is 0 Å². The van der Waals surface area contributed by atoms with Gasteiger partial charge in [0.25, 0.3) is 5.17 Å². The Morgan fingerprint density at radius 2 is 1.80 bits per heavy atom. The predicted molar refractivity (Wildman–Crippen MR) is 19.4 cm³/mol. The number of hydrogen-bond donors (Lipinski definition) is 2. The quantitative estimate of drug-likeness (QED) is 0.437. The van der Waals surface area contributed by atoms with Gasteiger partial charge in [0.05, 0.1) is 0 Å². The Kier molecular flexibility index (Phi) is 8.32. The van der Waals surface area contributed by atoms with E-state index in [0.717, 1.165) is 0 Å². The maximum Gasteiger partial charge on any atom is 0.251 e. The van der Waals surface area contributed by atoms with Crippen LogP contribution in [0.4, 0.5) is 0 Å². The van der Waals surface area contributed by atoms with Crippen LogP contribution in [-0.2, 0) is 25.8 Å². The second kappa shape index (κ2) is 4.56. The molecule has 0 spiro atoms. The summed E-state index contributed by atoms with van der Waals surface area (Å²) in [6.45, 7) is 0. The van der Waals surface area contributed by atoms with Crippen molar-refractivity contribution in [2.24, 2.45) is 5.73 Å². The fraction of sp³-hybridized carbons (Fsp3) is 0. The minimum absolute atomic E-state index is 0. The van der Waals surface area contributed by atoms with Crippen molar-refractivity contribution in [3.8, 4) is 0 Å². The van der Waals surface area contributed by atoms with Gasteiger partial charge in [-0.05, 0) is 12.2 Å². The number of nitrogens with two attached hydrogens (primary N) is 1. The van der Waals surface area contributed by atoms with E-state index in [4.69, 9.17) is 5.11 Å². The first kappa shape index (κ1) is 9.12. The molecular weight excluding hydrogens is 119 g/mol. The summed E-state index contributed by atoms with van der Waals surface area (Å²) < 4.78 is 0. The van der Waals surface area contributed by atoms with E-state index < -0.39 is 5.17 Å². The van der Waals surface area contributed by atoms with Gasteiger partial charge in [-0.15, -0.1) is 0 Å². The summed E-state index contributed by atoms with van der Waals surface area (Å²) in [6.07, 6.45) is 0. The normalized spacial score (nSPS) is 4.80. The molecule has 0 amide bonds. The standard InChI is InChI=1S/CH3NOS.Sc/c2-1(3)4;/h(H3,2,3,4);. The Morgan fingerprint density at radius 1 is 1.80 bits per heavy atom. The van der Waals surface area contributed by atoms with E-state index in [1.54, 1.807) is 0 Å². The summed E-state index contributed by atoms with van der Waals surface area (Å²) in [5.74, 6) is 0. The van der Waals surface area contributed by atoms with Gasteiger partial charge in [-0.2, -0.15) is 0 Å². The molecule has 0 saturated carbocycles. The Bertz CT molecular complexity index is 34.6. The van der Waals surface area contributed by atoms with Crippen molar-refractivity contribution in [3.63, 3.8) is 0 Å². The fourth-order valence-corrected chi connectivity index (χ4v) is 0. The van der Waals surface area contributed by atoms with E-state index in [2.05, 4.69) is 18.0 Å². The van der Waals surface area contributed by atoms with Crippen molar-refractivity contribution in [3.05, 3.63) is 0 Å². The number of aliphatic hydroxyl groups excluding tert-OH is 1. The smallest absolute Gasteiger partial charge is 0.251 e. The summed E-state index contributed by atoms with van der Waals surface area (Å²) in [7, 11) is 0. The Labute approximate surface area is 54.1 Å². The van der Waals surface area contributed by atoms with Crippen molar-refractivity contribution in [2.75, 3.05) is 0 Å². The molecule has 1 radical (unpaired) electrons. The molecule has 27 valence electrons. The molecule has 0 heterocycles.